The van der Waals surface area contributed by atoms with Crippen LogP contribution in [0.5, 0.6) is 0 Å². The lowest BCUT2D eigenvalue weighted by atomic mass is 10.1. The van der Waals surface area contributed by atoms with Crippen molar-refractivity contribution in [2.75, 3.05) is 0 Å². The zero-order valence-electron chi connectivity index (χ0n) is 10.5. The molecule has 0 saturated heterocycles. The molecule has 0 fully saturated rings. The largest absolute Gasteiger partial charge is 0.382 e. The van der Waals surface area contributed by atoms with Crippen molar-refractivity contribution in [1.82, 2.24) is 15.0 Å². The Morgan fingerprint density at radius 1 is 1.00 bits per heavy atom. The summed E-state index contributed by atoms with van der Waals surface area (Å²) in [5, 5.41) is 18.5. The molecule has 20 heavy (non-hydrogen) atoms. The molecular weight excluding hydrogens is 318 g/mol. The Morgan fingerprint density at radius 3 is 2.40 bits per heavy atom. The number of aliphatic hydroxyl groups is 1. The summed E-state index contributed by atoms with van der Waals surface area (Å²) in [6.45, 7) is 0. The van der Waals surface area contributed by atoms with E-state index in [-0.39, 0.29) is 0 Å². The van der Waals surface area contributed by atoms with E-state index in [1.165, 1.54) is 0 Å². The molecule has 5 heteroatoms. The second kappa shape index (κ2) is 5.56. The van der Waals surface area contributed by atoms with Gasteiger partial charge < -0.3 is 5.11 Å². The molecule has 0 aliphatic carbocycles. The van der Waals surface area contributed by atoms with Gasteiger partial charge in [-0.25, -0.2) is 4.68 Å². The second-order valence-corrected chi connectivity index (χ2v) is 5.28. The maximum atomic E-state index is 10.5. The first-order chi connectivity index (χ1) is 9.75. The van der Waals surface area contributed by atoms with Gasteiger partial charge in [0.15, 0.2) is 0 Å². The van der Waals surface area contributed by atoms with Crippen molar-refractivity contribution >= 4 is 15.9 Å². The highest BCUT2D eigenvalue weighted by atomic mass is 79.9. The lowest BCUT2D eigenvalue weighted by molar-refractivity contribution is 0.212. The molecule has 0 amide bonds. The quantitative estimate of drug-likeness (QED) is 0.803. The molecule has 0 aliphatic heterocycles. The van der Waals surface area contributed by atoms with Crippen LogP contribution in [0.25, 0.3) is 5.69 Å². The predicted octanol–water partition coefficient (Wildman–Crippen LogP) is 3.11. The van der Waals surface area contributed by atoms with Crippen molar-refractivity contribution in [3.05, 3.63) is 76.5 Å². The predicted molar refractivity (Wildman–Crippen MR) is 79.6 cm³/mol. The first-order valence-corrected chi connectivity index (χ1v) is 6.94. The number of hydrogen-bond donors (Lipinski definition) is 1. The van der Waals surface area contributed by atoms with E-state index in [2.05, 4.69) is 26.2 Å². The smallest absolute Gasteiger partial charge is 0.123 e. The number of benzene rings is 2. The topological polar surface area (TPSA) is 50.9 Å². The average Bonchev–Trinajstić information content (AvgIpc) is 2.97. The Labute approximate surface area is 124 Å². The summed E-state index contributed by atoms with van der Waals surface area (Å²) in [7, 11) is 0. The highest BCUT2D eigenvalue weighted by molar-refractivity contribution is 9.10. The third kappa shape index (κ3) is 2.50. The van der Waals surface area contributed by atoms with Gasteiger partial charge in [0.2, 0.25) is 0 Å². The van der Waals surface area contributed by atoms with Crippen LogP contribution in [0.1, 0.15) is 17.4 Å². The SMILES string of the molecule is OC(c1ccc(Br)cc1)c1cnnn1-c1ccccc1. The normalized spacial score (nSPS) is 12.3. The van der Waals surface area contributed by atoms with Crippen molar-refractivity contribution in [2.45, 2.75) is 6.10 Å². The van der Waals surface area contributed by atoms with E-state index in [1.54, 1.807) is 10.9 Å². The highest BCUT2D eigenvalue weighted by Crippen LogP contribution is 2.24. The van der Waals surface area contributed by atoms with Crippen LogP contribution in [0.4, 0.5) is 0 Å². The number of rotatable bonds is 3. The molecule has 0 spiro atoms. The summed E-state index contributed by atoms with van der Waals surface area (Å²) in [5.41, 5.74) is 2.31. The molecule has 0 radical (unpaired) electrons. The van der Waals surface area contributed by atoms with E-state index in [4.69, 9.17) is 0 Å². The maximum Gasteiger partial charge on any atom is 0.123 e. The van der Waals surface area contributed by atoms with Crippen molar-refractivity contribution in [1.29, 1.82) is 0 Å². The van der Waals surface area contributed by atoms with Crippen LogP contribution in [0.2, 0.25) is 0 Å². The minimum absolute atomic E-state index is 0.638. The molecule has 4 nitrogen and oxygen atoms in total. The van der Waals surface area contributed by atoms with E-state index < -0.39 is 6.10 Å². The van der Waals surface area contributed by atoms with Crippen LogP contribution in [0.3, 0.4) is 0 Å². The molecular formula is C15H12BrN3O. The van der Waals surface area contributed by atoms with Crippen molar-refractivity contribution in [3.63, 3.8) is 0 Å². The van der Waals surface area contributed by atoms with Crippen LogP contribution >= 0.6 is 15.9 Å². The van der Waals surface area contributed by atoms with Gasteiger partial charge in [0.25, 0.3) is 0 Å². The molecule has 0 saturated carbocycles. The lowest BCUT2D eigenvalue weighted by Crippen LogP contribution is -2.08. The van der Waals surface area contributed by atoms with Gasteiger partial charge in [0.05, 0.1) is 17.6 Å². The first-order valence-electron chi connectivity index (χ1n) is 6.15. The first kappa shape index (κ1) is 13.0. The number of nitrogens with zero attached hydrogens (tertiary/aromatic N) is 3. The summed E-state index contributed by atoms with van der Waals surface area (Å²) < 4.78 is 2.62. The van der Waals surface area contributed by atoms with E-state index in [0.29, 0.717) is 5.69 Å². The van der Waals surface area contributed by atoms with Crippen LogP contribution in [-0.2, 0) is 0 Å². The third-order valence-electron chi connectivity index (χ3n) is 3.04. The van der Waals surface area contributed by atoms with Gasteiger partial charge >= 0.3 is 0 Å². The van der Waals surface area contributed by atoms with Gasteiger partial charge in [-0.2, -0.15) is 0 Å². The zero-order chi connectivity index (χ0) is 13.9. The van der Waals surface area contributed by atoms with Crippen LogP contribution in [-0.4, -0.2) is 20.1 Å². The fraction of sp³-hybridized carbons (Fsp3) is 0.0667. The van der Waals surface area contributed by atoms with E-state index >= 15 is 0 Å². The average molecular weight is 330 g/mol. The third-order valence-corrected chi connectivity index (χ3v) is 3.57. The van der Waals surface area contributed by atoms with Gasteiger partial charge in [-0.1, -0.05) is 51.5 Å². The van der Waals surface area contributed by atoms with Crippen molar-refractivity contribution in [3.8, 4) is 5.69 Å². The molecule has 1 heterocycles. The number of halogens is 1. The maximum absolute atomic E-state index is 10.5. The number of para-hydroxylation sites is 1. The van der Waals surface area contributed by atoms with E-state index in [9.17, 15) is 5.11 Å². The standard InChI is InChI=1S/C15H12BrN3O/c16-12-8-6-11(7-9-12)15(20)14-10-17-18-19(14)13-4-2-1-3-5-13/h1-10,15,20H. The molecule has 0 aliphatic rings. The van der Waals surface area contributed by atoms with Crippen LogP contribution in [0.15, 0.2) is 65.3 Å². The Balaban J connectivity index is 1.99. The summed E-state index contributed by atoms with van der Waals surface area (Å²) in [6.07, 6.45) is 0.818. The number of aliphatic hydroxyl groups excluding tert-OH is 1. The summed E-state index contributed by atoms with van der Waals surface area (Å²) >= 11 is 3.38. The Morgan fingerprint density at radius 2 is 1.70 bits per heavy atom. The van der Waals surface area contributed by atoms with Gasteiger partial charge in [-0.05, 0) is 29.8 Å². The van der Waals surface area contributed by atoms with Gasteiger partial charge in [0, 0.05) is 4.47 Å². The summed E-state index contributed by atoms with van der Waals surface area (Å²) in [4.78, 5) is 0. The Bertz CT molecular complexity index is 695. The second-order valence-electron chi connectivity index (χ2n) is 4.36. The number of hydrogen-bond acceptors (Lipinski definition) is 3. The van der Waals surface area contributed by atoms with E-state index in [0.717, 1.165) is 15.7 Å². The van der Waals surface area contributed by atoms with Crippen molar-refractivity contribution in [2.24, 2.45) is 0 Å². The van der Waals surface area contributed by atoms with Crippen LogP contribution < -0.4 is 0 Å². The van der Waals surface area contributed by atoms with Gasteiger partial charge in [-0.15, -0.1) is 5.10 Å². The molecule has 2 aromatic carbocycles. The van der Waals surface area contributed by atoms with Gasteiger partial charge in [0.1, 0.15) is 6.10 Å². The monoisotopic (exact) mass is 329 g/mol. The highest BCUT2D eigenvalue weighted by Gasteiger charge is 2.17. The zero-order valence-corrected chi connectivity index (χ0v) is 12.1. The van der Waals surface area contributed by atoms with Crippen LogP contribution in [0, 0.1) is 0 Å². The molecule has 1 unspecified atom stereocenters. The summed E-state index contributed by atoms with van der Waals surface area (Å²) in [6, 6.07) is 17.2. The molecule has 1 atom stereocenters. The Kier molecular flexibility index (Phi) is 3.62. The molecule has 0 bridgehead atoms. The molecule has 3 aromatic rings. The fourth-order valence-electron chi connectivity index (χ4n) is 2.02. The molecule has 3 rings (SSSR count). The molecule has 100 valence electrons. The molecule has 1 aromatic heterocycles. The van der Waals surface area contributed by atoms with E-state index in [1.807, 2.05) is 54.6 Å². The summed E-state index contributed by atoms with van der Waals surface area (Å²) in [5.74, 6) is 0. The lowest BCUT2D eigenvalue weighted by Gasteiger charge is -2.12. The van der Waals surface area contributed by atoms with Crippen molar-refractivity contribution < 1.29 is 5.11 Å². The fourth-order valence-corrected chi connectivity index (χ4v) is 2.28. The molecule has 1 N–H and O–H groups in total. The minimum atomic E-state index is -0.765. The van der Waals surface area contributed by atoms with Gasteiger partial charge in [-0.3, -0.25) is 0 Å². The Hall–Kier alpha value is -1.98. The number of aromatic nitrogens is 3. The minimum Gasteiger partial charge on any atom is -0.382 e.